The van der Waals surface area contributed by atoms with Crippen molar-refractivity contribution in [2.24, 2.45) is 0 Å². The third-order valence-electron chi connectivity index (χ3n) is 1.33. The van der Waals surface area contributed by atoms with Crippen molar-refractivity contribution >= 4 is 17.1 Å². The molecule has 1 rings (SSSR count). The van der Waals surface area contributed by atoms with Gasteiger partial charge in [-0.2, -0.15) is 0 Å². The fourth-order valence-electron chi connectivity index (χ4n) is 0.623. The van der Waals surface area contributed by atoms with Crippen LogP contribution in [0.1, 0.15) is 27.3 Å². The molecule has 0 aliphatic rings. The standard InChI is InChI=1S/C7H9NOS/c1-4-6(3)10-7(8-4)5(2)9/h1-3H3. The van der Waals surface area contributed by atoms with Gasteiger partial charge in [0.1, 0.15) is 0 Å². The molecule has 0 amide bonds. The van der Waals surface area contributed by atoms with E-state index in [9.17, 15) is 4.79 Å². The van der Waals surface area contributed by atoms with Crippen LogP contribution in [0.4, 0.5) is 0 Å². The monoisotopic (exact) mass is 155 g/mol. The first kappa shape index (κ1) is 7.41. The average molecular weight is 155 g/mol. The molecule has 0 N–H and O–H groups in total. The van der Waals surface area contributed by atoms with E-state index < -0.39 is 0 Å². The van der Waals surface area contributed by atoms with Crippen LogP contribution in [-0.4, -0.2) is 10.8 Å². The van der Waals surface area contributed by atoms with Gasteiger partial charge in [-0.25, -0.2) is 4.98 Å². The lowest BCUT2D eigenvalue weighted by Gasteiger charge is -1.79. The summed E-state index contributed by atoms with van der Waals surface area (Å²) in [4.78, 5) is 16.0. The second kappa shape index (κ2) is 2.50. The van der Waals surface area contributed by atoms with Gasteiger partial charge in [0.05, 0.1) is 5.69 Å². The number of ketones is 1. The number of carbonyl (C=O) groups excluding carboxylic acids is 1. The molecule has 0 aliphatic carbocycles. The number of Topliss-reactive ketones (excluding diaryl/α,β-unsaturated/α-hetero) is 1. The largest absolute Gasteiger partial charge is 0.292 e. The maximum atomic E-state index is 10.8. The second-order valence-electron chi connectivity index (χ2n) is 2.22. The maximum absolute atomic E-state index is 10.8. The van der Waals surface area contributed by atoms with Gasteiger partial charge in [-0.1, -0.05) is 0 Å². The van der Waals surface area contributed by atoms with Gasteiger partial charge in [0.2, 0.25) is 0 Å². The third-order valence-corrected chi connectivity index (χ3v) is 2.50. The van der Waals surface area contributed by atoms with Crippen molar-refractivity contribution in [3.63, 3.8) is 0 Å². The SMILES string of the molecule is CC(=O)c1nc(C)c(C)s1. The first-order valence-electron chi connectivity index (χ1n) is 3.06. The Balaban J connectivity index is 3.10. The van der Waals surface area contributed by atoms with Gasteiger partial charge < -0.3 is 0 Å². The predicted octanol–water partition coefficient (Wildman–Crippen LogP) is 1.96. The lowest BCUT2D eigenvalue weighted by atomic mass is 10.4. The van der Waals surface area contributed by atoms with E-state index in [1.54, 1.807) is 0 Å². The van der Waals surface area contributed by atoms with E-state index >= 15 is 0 Å². The Kier molecular flexibility index (Phi) is 1.85. The highest BCUT2D eigenvalue weighted by molar-refractivity contribution is 7.13. The molecule has 0 saturated carbocycles. The molecule has 1 heterocycles. The number of thiazole rings is 1. The Morgan fingerprint density at radius 2 is 2.10 bits per heavy atom. The lowest BCUT2D eigenvalue weighted by molar-refractivity contribution is 0.101. The van der Waals surface area contributed by atoms with Gasteiger partial charge in [0, 0.05) is 11.8 Å². The smallest absolute Gasteiger partial charge is 0.188 e. The Labute approximate surface area is 63.9 Å². The Morgan fingerprint density at radius 3 is 2.30 bits per heavy atom. The van der Waals surface area contributed by atoms with Gasteiger partial charge in [0.15, 0.2) is 10.8 Å². The van der Waals surface area contributed by atoms with Gasteiger partial charge >= 0.3 is 0 Å². The number of nitrogens with zero attached hydrogens (tertiary/aromatic N) is 1. The zero-order valence-electron chi connectivity index (χ0n) is 6.26. The second-order valence-corrected chi connectivity index (χ2v) is 3.42. The number of hydrogen-bond donors (Lipinski definition) is 0. The Bertz CT molecular complexity index is 245. The van der Waals surface area contributed by atoms with Crippen LogP contribution in [0.15, 0.2) is 0 Å². The summed E-state index contributed by atoms with van der Waals surface area (Å²) < 4.78 is 0. The molecule has 0 saturated heterocycles. The normalized spacial score (nSPS) is 9.90. The van der Waals surface area contributed by atoms with Crippen LogP contribution >= 0.6 is 11.3 Å². The van der Waals surface area contributed by atoms with Crippen molar-refractivity contribution in [2.45, 2.75) is 20.8 Å². The summed E-state index contributed by atoms with van der Waals surface area (Å²) in [5.74, 6) is 0.0567. The van der Waals surface area contributed by atoms with E-state index in [0.29, 0.717) is 5.01 Å². The molecular weight excluding hydrogens is 146 g/mol. The fraction of sp³-hybridized carbons (Fsp3) is 0.429. The molecule has 0 radical (unpaired) electrons. The van der Waals surface area contributed by atoms with Crippen molar-refractivity contribution < 1.29 is 4.79 Å². The molecule has 10 heavy (non-hydrogen) atoms. The zero-order chi connectivity index (χ0) is 7.72. The first-order valence-corrected chi connectivity index (χ1v) is 3.88. The van der Waals surface area contributed by atoms with Crippen LogP contribution in [0, 0.1) is 13.8 Å². The molecule has 2 nitrogen and oxygen atoms in total. The molecule has 0 fully saturated rings. The van der Waals surface area contributed by atoms with Gasteiger partial charge in [0.25, 0.3) is 0 Å². The predicted molar refractivity (Wildman–Crippen MR) is 41.6 cm³/mol. The van der Waals surface area contributed by atoms with E-state index in [1.165, 1.54) is 18.3 Å². The highest BCUT2D eigenvalue weighted by Crippen LogP contribution is 2.16. The number of rotatable bonds is 1. The highest BCUT2D eigenvalue weighted by Gasteiger charge is 2.06. The van der Waals surface area contributed by atoms with Crippen LogP contribution in [0.3, 0.4) is 0 Å². The summed E-state index contributed by atoms with van der Waals surface area (Å²) in [5, 5.41) is 0.620. The number of aromatic nitrogens is 1. The lowest BCUT2D eigenvalue weighted by Crippen LogP contribution is -1.88. The molecule has 0 spiro atoms. The van der Waals surface area contributed by atoms with E-state index in [-0.39, 0.29) is 5.78 Å². The molecule has 3 heteroatoms. The van der Waals surface area contributed by atoms with Crippen molar-refractivity contribution in [1.82, 2.24) is 4.98 Å². The zero-order valence-corrected chi connectivity index (χ0v) is 7.08. The van der Waals surface area contributed by atoms with Crippen LogP contribution in [0.2, 0.25) is 0 Å². The molecule has 54 valence electrons. The summed E-state index contributed by atoms with van der Waals surface area (Å²) in [5.41, 5.74) is 0.968. The summed E-state index contributed by atoms with van der Waals surface area (Å²) in [6.07, 6.45) is 0. The summed E-state index contributed by atoms with van der Waals surface area (Å²) in [6.45, 7) is 5.43. The maximum Gasteiger partial charge on any atom is 0.188 e. The minimum absolute atomic E-state index is 0.0567. The minimum atomic E-state index is 0.0567. The quantitative estimate of drug-likeness (QED) is 0.580. The first-order chi connectivity index (χ1) is 4.61. The summed E-state index contributed by atoms with van der Waals surface area (Å²) >= 11 is 1.46. The molecular formula is C7H9NOS. The van der Waals surface area contributed by atoms with Crippen LogP contribution in [-0.2, 0) is 0 Å². The van der Waals surface area contributed by atoms with Crippen molar-refractivity contribution in [3.05, 3.63) is 15.6 Å². The number of hydrogen-bond acceptors (Lipinski definition) is 3. The topological polar surface area (TPSA) is 30.0 Å². The number of carbonyl (C=O) groups is 1. The summed E-state index contributed by atoms with van der Waals surface area (Å²) in [6, 6.07) is 0. The Hall–Kier alpha value is -0.700. The van der Waals surface area contributed by atoms with E-state index in [4.69, 9.17) is 0 Å². The Morgan fingerprint density at radius 1 is 1.50 bits per heavy atom. The molecule has 1 aromatic rings. The van der Waals surface area contributed by atoms with E-state index in [2.05, 4.69) is 4.98 Å². The minimum Gasteiger partial charge on any atom is -0.292 e. The third kappa shape index (κ3) is 1.24. The molecule has 0 aromatic carbocycles. The highest BCUT2D eigenvalue weighted by atomic mass is 32.1. The van der Waals surface area contributed by atoms with Gasteiger partial charge in [-0.15, -0.1) is 11.3 Å². The van der Waals surface area contributed by atoms with E-state index in [1.807, 2.05) is 13.8 Å². The van der Waals surface area contributed by atoms with Crippen LogP contribution in [0.25, 0.3) is 0 Å². The average Bonchev–Trinajstić information content (AvgIpc) is 2.13. The summed E-state index contributed by atoms with van der Waals surface area (Å²) in [7, 11) is 0. The van der Waals surface area contributed by atoms with Crippen LogP contribution in [0.5, 0.6) is 0 Å². The van der Waals surface area contributed by atoms with Crippen molar-refractivity contribution in [2.75, 3.05) is 0 Å². The molecule has 0 atom stereocenters. The van der Waals surface area contributed by atoms with Crippen molar-refractivity contribution in [3.8, 4) is 0 Å². The molecule has 0 unspecified atom stereocenters. The molecule has 0 bridgehead atoms. The van der Waals surface area contributed by atoms with Crippen molar-refractivity contribution in [1.29, 1.82) is 0 Å². The van der Waals surface area contributed by atoms with Gasteiger partial charge in [-0.05, 0) is 13.8 Å². The van der Waals surface area contributed by atoms with E-state index in [0.717, 1.165) is 10.6 Å². The van der Waals surface area contributed by atoms with Crippen LogP contribution < -0.4 is 0 Å². The fourth-order valence-corrected chi connectivity index (χ4v) is 1.43. The molecule has 1 aromatic heterocycles. The molecule has 0 aliphatic heterocycles. The number of aryl methyl sites for hydroxylation is 2. The van der Waals surface area contributed by atoms with Gasteiger partial charge in [-0.3, -0.25) is 4.79 Å².